The van der Waals surface area contributed by atoms with E-state index in [2.05, 4.69) is 41.5 Å². The molecule has 19 heavy (non-hydrogen) atoms. The molecule has 0 saturated heterocycles. The minimum atomic E-state index is -0.614. The van der Waals surface area contributed by atoms with Crippen LogP contribution in [0, 0.1) is 0 Å². The Bertz CT molecular complexity index is 193. The molecule has 0 aromatic carbocycles. The molecular weight excluding hydrogens is 446 g/mol. The molecule has 0 aliphatic rings. The van der Waals surface area contributed by atoms with Crippen LogP contribution in [0.4, 0.5) is 0 Å². The first kappa shape index (κ1) is 20.6. The Morgan fingerprint density at radius 1 is 0.684 bits per heavy atom. The van der Waals surface area contributed by atoms with E-state index < -0.39 is 43.1 Å². The van der Waals surface area contributed by atoms with Gasteiger partial charge in [0.05, 0.1) is 0 Å². The quantitative estimate of drug-likeness (QED) is 0.254. The minimum absolute atomic E-state index is 0.554. The summed E-state index contributed by atoms with van der Waals surface area (Å²) < 4.78 is 7.47. The fourth-order valence-corrected chi connectivity index (χ4v) is 16.9. The topological polar surface area (TPSA) is 9.23 Å². The summed E-state index contributed by atoms with van der Waals surface area (Å²) in [6.07, 6.45) is 11.0. The number of hydrogen-bond donors (Lipinski definition) is 0. The van der Waals surface area contributed by atoms with Crippen molar-refractivity contribution in [1.29, 1.82) is 0 Å². The third kappa shape index (κ3) is 13.0. The van der Waals surface area contributed by atoms with Crippen molar-refractivity contribution in [3.8, 4) is 0 Å². The van der Waals surface area contributed by atoms with Gasteiger partial charge in [-0.05, 0) is 0 Å². The Morgan fingerprint density at radius 3 is 1.37 bits per heavy atom. The van der Waals surface area contributed by atoms with Crippen LogP contribution in [0.2, 0.25) is 6.86 Å². The number of rotatable bonds is 12. The van der Waals surface area contributed by atoms with Crippen molar-refractivity contribution < 1.29 is 1.41 Å². The summed E-state index contributed by atoms with van der Waals surface area (Å²) in [4.78, 5) is 0. The van der Waals surface area contributed by atoms with Crippen LogP contribution in [0.5, 0.6) is 0 Å². The van der Waals surface area contributed by atoms with E-state index in [9.17, 15) is 0 Å². The summed E-state index contributed by atoms with van der Waals surface area (Å²) >= 11 is -1.23. The summed E-state index contributed by atoms with van der Waals surface area (Å²) in [7, 11) is 0. The molecule has 1 nitrogen and oxygen atoms in total. The zero-order chi connectivity index (χ0) is 14.8. The molecule has 4 radical (unpaired) electrons. The van der Waals surface area contributed by atoms with Crippen LogP contribution in [-0.2, 0) is 1.41 Å². The Hall–Kier alpha value is 1.56. The fourth-order valence-electron chi connectivity index (χ4n) is 2.04. The Labute approximate surface area is 143 Å². The first-order valence-electron chi connectivity index (χ1n) is 8.03. The second-order valence-electron chi connectivity index (χ2n) is 6.99. The summed E-state index contributed by atoms with van der Waals surface area (Å²) in [6, 6.07) is 0. The van der Waals surface area contributed by atoms with E-state index in [0.29, 0.717) is 6.86 Å². The van der Waals surface area contributed by atoms with Crippen LogP contribution < -0.4 is 0 Å². The summed E-state index contributed by atoms with van der Waals surface area (Å²) in [5.74, 6) is 0. The monoisotopic (exact) mass is 482 g/mol. The van der Waals surface area contributed by atoms with Gasteiger partial charge in [-0.2, -0.15) is 0 Å². The molecule has 0 aromatic heterocycles. The molecule has 0 saturated carbocycles. The molecule has 0 bridgehead atoms. The molecule has 0 atom stereocenters. The second kappa shape index (κ2) is 11.2. The van der Waals surface area contributed by atoms with E-state index in [1.807, 2.05) is 0 Å². The second-order valence-corrected chi connectivity index (χ2v) is 20.4. The van der Waals surface area contributed by atoms with E-state index in [1.165, 1.54) is 51.4 Å². The van der Waals surface area contributed by atoms with Crippen molar-refractivity contribution in [3.05, 3.63) is 0 Å². The van der Waals surface area contributed by atoms with Crippen LogP contribution in [-0.4, -0.2) is 43.1 Å². The zero-order valence-corrected chi connectivity index (χ0v) is 19.8. The normalized spacial score (nSPS) is 12.9. The Balaban J connectivity index is 3.79. The predicted molar refractivity (Wildman–Crippen MR) is 89.0 cm³/mol. The van der Waals surface area contributed by atoms with Crippen molar-refractivity contribution in [3.63, 3.8) is 0 Å². The SMILES string of the molecule is CCCCC[C](C)(C)[Sn][O][Sn][C](C)(C)CCCCC. The van der Waals surface area contributed by atoms with E-state index >= 15 is 0 Å². The van der Waals surface area contributed by atoms with E-state index in [4.69, 9.17) is 1.41 Å². The van der Waals surface area contributed by atoms with Gasteiger partial charge >= 0.3 is 144 Å². The fraction of sp³-hybridized carbons (Fsp3) is 1.00. The molecule has 0 rings (SSSR count). The summed E-state index contributed by atoms with van der Waals surface area (Å²) in [5.41, 5.74) is 0. The van der Waals surface area contributed by atoms with Crippen LogP contribution in [0.1, 0.15) is 92.9 Å². The standard InChI is InChI=1S/2C8H17.O.2Sn/c2*1-4-5-6-7-8(2)3;;;/h2*4-7H2,1-3H3;;;. The van der Waals surface area contributed by atoms with Crippen molar-refractivity contribution >= 4 is 43.1 Å². The average molecular weight is 480 g/mol. The summed E-state index contributed by atoms with van der Waals surface area (Å²) in [6.45, 7) is 14.3. The van der Waals surface area contributed by atoms with Gasteiger partial charge in [0.1, 0.15) is 0 Å². The van der Waals surface area contributed by atoms with Gasteiger partial charge in [0.15, 0.2) is 0 Å². The molecule has 0 aromatic rings. The van der Waals surface area contributed by atoms with Gasteiger partial charge in [-0.1, -0.05) is 0 Å². The van der Waals surface area contributed by atoms with Crippen molar-refractivity contribution in [2.75, 3.05) is 0 Å². The zero-order valence-electron chi connectivity index (χ0n) is 14.1. The van der Waals surface area contributed by atoms with Crippen LogP contribution in [0.25, 0.3) is 0 Å². The number of unbranched alkanes of at least 4 members (excludes halogenated alkanes) is 4. The third-order valence-electron chi connectivity index (χ3n) is 3.47. The maximum absolute atomic E-state index is 6.36. The molecule has 0 aliphatic carbocycles. The molecule has 0 unspecified atom stereocenters. The van der Waals surface area contributed by atoms with Gasteiger partial charge < -0.3 is 0 Å². The molecule has 0 fully saturated rings. The van der Waals surface area contributed by atoms with Crippen molar-refractivity contribution in [2.24, 2.45) is 0 Å². The van der Waals surface area contributed by atoms with Gasteiger partial charge in [0.25, 0.3) is 0 Å². The molecular formula is C16H34OSn2. The predicted octanol–water partition coefficient (Wildman–Crippen LogP) is 5.80. The average Bonchev–Trinajstić information content (AvgIpc) is 2.28. The molecule has 0 heterocycles. The van der Waals surface area contributed by atoms with Crippen molar-refractivity contribution in [1.82, 2.24) is 0 Å². The van der Waals surface area contributed by atoms with E-state index in [1.54, 1.807) is 0 Å². The van der Waals surface area contributed by atoms with Crippen molar-refractivity contribution in [2.45, 2.75) is 99.8 Å². The first-order chi connectivity index (χ1) is 8.83. The molecule has 0 aliphatic heterocycles. The Morgan fingerprint density at radius 2 is 1.05 bits per heavy atom. The molecule has 112 valence electrons. The van der Waals surface area contributed by atoms with Gasteiger partial charge in [0, 0.05) is 0 Å². The summed E-state index contributed by atoms with van der Waals surface area (Å²) in [5, 5.41) is 0. The first-order valence-corrected chi connectivity index (χ1v) is 13.2. The van der Waals surface area contributed by atoms with E-state index in [0.717, 1.165) is 0 Å². The van der Waals surface area contributed by atoms with Crippen LogP contribution >= 0.6 is 0 Å². The third-order valence-corrected chi connectivity index (χ3v) is 12.5. The van der Waals surface area contributed by atoms with Gasteiger partial charge in [-0.25, -0.2) is 0 Å². The Kier molecular flexibility index (Phi) is 12.1. The molecule has 3 heteroatoms. The van der Waals surface area contributed by atoms with Gasteiger partial charge in [-0.15, -0.1) is 0 Å². The molecule has 0 spiro atoms. The van der Waals surface area contributed by atoms with Gasteiger partial charge in [-0.3, -0.25) is 0 Å². The van der Waals surface area contributed by atoms with Crippen LogP contribution in [0.15, 0.2) is 0 Å². The molecule has 0 amide bonds. The van der Waals surface area contributed by atoms with Crippen LogP contribution in [0.3, 0.4) is 0 Å². The van der Waals surface area contributed by atoms with E-state index in [-0.39, 0.29) is 0 Å². The number of hydrogen-bond acceptors (Lipinski definition) is 1. The maximum atomic E-state index is 6.36. The van der Waals surface area contributed by atoms with Gasteiger partial charge in [0.2, 0.25) is 0 Å². The molecule has 0 N–H and O–H groups in total.